The molecule has 0 radical (unpaired) electrons. The predicted molar refractivity (Wildman–Crippen MR) is 145 cm³/mol. The SMILES string of the molecule is C[C@H](Nc1nc2c(c(=O)n1N(C)C)CN(C(=O)COc1ccc(Cl)cc1)CC2)c1ccc(C(F)(F)F)cc1.Cl. The summed E-state index contributed by atoms with van der Waals surface area (Å²) in [5.41, 5.74) is 0.504. The van der Waals surface area contributed by atoms with E-state index in [4.69, 9.17) is 16.3 Å². The Kier molecular flexibility index (Phi) is 9.39. The number of carbonyl (C=O) groups is 1. The molecule has 210 valence electrons. The van der Waals surface area contributed by atoms with Crippen molar-refractivity contribution >= 4 is 35.9 Å². The van der Waals surface area contributed by atoms with Crippen LogP contribution in [-0.2, 0) is 23.9 Å². The van der Waals surface area contributed by atoms with E-state index in [0.717, 1.165) is 12.1 Å². The van der Waals surface area contributed by atoms with Gasteiger partial charge in [-0.2, -0.15) is 17.8 Å². The molecule has 2 heterocycles. The van der Waals surface area contributed by atoms with Crippen LogP contribution in [0.2, 0.25) is 5.02 Å². The summed E-state index contributed by atoms with van der Waals surface area (Å²) in [7, 11) is 3.35. The number of aromatic nitrogens is 2. The molecule has 0 spiro atoms. The molecule has 1 aliphatic heterocycles. The van der Waals surface area contributed by atoms with Gasteiger partial charge in [0, 0.05) is 32.1 Å². The highest BCUT2D eigenvalue weighted by Crippen LogP contribution is 2.30. The summed E-state index contributed by atoms with van der Waals surface area (Å²) in [6.07, 6.45) is -4.05. The summed E-state index contributed by atoms with van der Waals surface area (Å²) >= 11 is 5.87. The summed E-state index contributed by atoms with van der Waals surface area (Å²) < 4.78 is 45.7. The molecule has 1 aliphatic rings. The van der Waals surface area contributed by atoms with Crippen LogP contribution in [-0.4, -0.2) is 47.7 Å². The number of amides is 1. The van der Waals surface area contributed by atoms with Gasteiger partial charge in [-0.15, -0.1) is 12.4 Å². The van der Waals surface area contributed by atoms with Gasteiger partial charge in [0.05, 0.1) is 29.4 Å². The first kappa shape index (κ1) is 30.1. The van der Waals surface area contributed by atoms with E-state index in [9.17, 15) is 22.8 Å². The molecule has 13 heteroatoms. The number of nitrogens with zero attached hydrogens (tertiary/aromatic N) is 4. The number of ether oxygens (including phenoxy) is 1. The van der Waals surface area contributed by atoms with Crippen LogP contribution >= 0.6 is 24.0 Å². The fourth-order valence-corrected chi connectivity index (χ4v) is 4.27. The van der Waals surface area contributed by atoms with Gasteiger partial charge >= 0.3 is 6.18 Å². The fraction of sp³-hybridized carbons (Fsp3) is 0.346. The second-order valence-electron chi connectivity index (χ2n) is 9.12. The van der Waals surface area contributed by atoms with Crippen molar-refractivity contribution in [1.82, 2.24) is 14.6 Å². The summed E-state index contributed by atoms with van der Waals surface area (Å²) in [6, 6.07) is 11.1. The molecule has 0 bridgehead atoms. The van der Waals surface area contributed by atoms with E-state index in [-0.39, 0.29) is 43.0 Å². The number of anilines is 1. The molecule has 1 amide bonds. The van der Waals surface area contributed by atoms with Crippen molar-refractivity contribution in [3.63, 3.8) is 0 Å². The number of carbonyl (C=O) groups excluding carboxylic acids is 1. The van der Waals surface area contributed by atoms with E-state index < -0.39 is 17.8 Å². The molecular formula is C26H28Cl2F3N5O3. The van der Waals surface area contributed by atoms with Crippen LogP contribution in [0.4, 0.5) is 19.1 Å². The van der Waals surface area contributed by atoms with Crippen LogP contribution < -0.4 is 20.6 Å². The van der Waals surface area contributed by atoms with Crippen molar-refractivity contribution in [2.24, 2.45) is 0 Å². The lowest BCUT2D eigenvalue weighted by Gasteiger charge is -2.30. The molecule has 0 saturated heterocycles. The van der Waals surface area contributed by atoms with Gasteiger partial charge in [0.15, 0.2) is 6.61 Å². The third-order valence-electron chi connectivity index (χ3n) is 6.22. The quantitative estimate of drug-likeness (QED) is 0.434. The molecule has 0 unspecified atom stereocenters. The predicted octanol–water partition coefficient (Wildman–Crippen LogP) is 4.67. The Balaban J connectivity index is 0.00000420. The minimum atomic E-state index is -4.42. The van der Waals surface area contributed by atoms with Crippen molar-refractivity contribution in [3.05, 3.63) is 86.3 Å². The number of hydrogen-bond acceptors (Lipinski definition) is 6. The van der Waals surface area contributed by atoms with Crippen molar-refractivity contribution in [3.8, 4) is 5.75 Å². The Labute approximate surface area is 234 Å². The summed E-state index contributed by atoms with van der Waals surface area (Å²) in [5.74, 6) is 0.506. The van der Waals surface area contributed by atoms with Gasteiger partial charge in [0.25, 0.3) is 11.5 Å². The average molecular weight is 586 g/mol. The number of fused-ring (bicyclic) bond motifs is 1. The number of hydrogen-bond donors (Lipinski definition) is 1. The molecule has 2 aromatic carbocycles. The number of alkyl halides is 3. The third kappa shape index (κ3) is 6.96. The van der Waals surface area contributed by atoms with E-state index in [0.29, 0.717) is 40.6 Å². The fourth-order valence-electron chi connectivity index (χ4n) is 4.15. The van der Waals surface area contributed by atoms with Crippen LogP contribution in [0, 0.1) is 0 Å². The first-order chi connectivity index (χ1) is 17.9. The molecular weight excluding hydrogens is 558 g/mol. The summed E-state index contributed by atoms with van der Waals surface area (Å²) in [5, 5.41) is 5.27. The molecule has 3 aromatic rings. The highest BCUT2D eigenvalue weighted by atomic mass is 35.5. The van der Waals surface area contributed by atoms with Gasteiger partial charge in [0.2, 0.25) is 5.95 Å². The Morgan fingerprint density at radius 3 is 2.38 bits per heavy atom. The molecule has 0 saturated carbocycles. The molecule has 0 fully saturated rings. The minimum Gasteiger partial charge on any atom is -0.484 e. The smallest absolute Gasteiger partial charge is 0.416 e. The zero-order valence-electron chi connectivity index (χ0n) is 21.5. The largest absolute Gasteiger partial charge is 0.484 e. The maximum atomic E-state index is 13.5. The first-order valence-corrected chi connectivity index (χ1v) is 12.2. The maximum absolute atomic E-state index is 13.5. The van der Waals surface area contributed by atoms with Crippen molar-refractivity contribution in [1.29, 1.82) is 0 Å². The topological polar surface area (TPSA) is 79.7 Å². The van der Waals surface area contributed by atoms with Crippen molar-refractivity contribution in [2.75, 3.05) is 37.6 Å². The molecule has 1 atom stereocenters. The summed E-state index contributed by atoms with van der Waals surface area (Å²) in [4.78, 5) is 32.5. The van der Waals surface area contributed by atoms with E-state index in [1.807, 2.05) is 0 Å². The van der Waals surface area contributed by atoms with E-state index in [1.54, 1.807) is 55.2 Å². The lowest BCUT2D eigenvalue weighted by atomic mass is 10.1. The van der Waals surface area contributed by atoms with Gasteiger partial charge in [-0.05, 0) is 48.9 Å². The minimum absolute atomic E-state index is 0. The number of benzene rings is 2. The maximum Gasteiger partial charge on any atom is 0.416 e. The Morgan fingerprint density at radius 2 is 1.79 bits per heavy atom. The van der Waals surface area contributed by atoms with Crippen LogP contribution in [0.25, 0.3) is 0 Å². The number of nitrogens with one attached hydrogen (secondary N) is 1. The van der Waals surface area contributed by atoms with Crippen LogP contribution in [0.15, 0.2) is 53.3 Å². The summed E-state index contributed by atoms with van der Waals surface area (Å²) in [6.45, 7) is 2.04. The van der Waals surface area contributed by atoms with Crippen LogP contribution in [0.3, 0.4) is 0 Å². The second kappa shape index (κ2) is 12.2. The van der Waals surface area contributed by atoms with Crippen LogP contribution in [0.5, 0.6) is 5.75 Å². The van der Waals surface area contributed by atoms with Crippen molar-refractivity contribution < 1.29 is 22.7 Å². The Morgan fingerprint density at radius 1 is 1.15 bits per heavy atom. The Bertz CT molecular complexity index is 1360. The highest BCUT2D eigenvalue weighted by Gasteiger charge is 2.30. The third-order valence-corrected chi connectivity index (χ3v) is 6.47. The van der Waals surface area contributed by atoms with Gasteiger partial charge in [-0.3, -0.25) is 9.59 Å². The lowest BCUT2D eigenvalue weighted by molar-refractivity contribution is -0.137. The van der Waals surface area contributed by atoms with Gasteiger partial charge in [0.1, 0.15) is 5.75 Å². The van der Waals surface area contributed by atoms with Gasteiger partial charge < -0.3 is 20.0 Å². The van der Waals surface area contributed by atoms with E-state index in [2.05, 4.69) is 10.3 Å². The first-order valence-electron chi connectivity index (χ1n) is 11.9. The average Bonchev–Trinajstić information content (AvgIpc) is 2.87. The normalized spacial score (nSPS) is 13.7. The molecule has 0 aliphatic carbocycles. The molecule has 1 aromatic heterocycles. The number of rotatable bonds is 7. The molecule has 4 rings (SSSR count). The molecule has 39 heavy (non-hydrogen) atoms. The van der Waals surface area contributed by atoms with E-state index in [1.165, 1.54) is 16.8 Å². The standard InChI is InChI=1S/C26H27ClF3N5O3.ClH/c1-16(17-4-6-18(7-5-17)26(28,29)30)31-25-32-22-12-13-34(14-21(22)24(37)35(25)33(2)3)23(36)15-38-20-10-8-19(27)9-11-20;/h4-11,16H,12-15H2,1-3H3,(H,31,32);1H/t16-;/m0./s1. The van der Waals surface area contributed by atoms with E-state index >= 15 is 0 Å². The lowest BCUT2D eigenvalue weighted by Crippen LogP contribution is -2.46. The monoisotopic (exact) mass is 585 g/mol. The van der Waals surface area contributed by atoms with Gasteiger partial charge in [-0.1, -0.05) is 23.7 Å². The molecule has 8 nitrogen and oxygen atoms in total. The van der Waals surface area contributed by atoms with Crippen molar-refractivity contribution in [2.45, 2.75) is 32.1 Å². The zero-order chi connectivity index (χ0) is 27.6. The highest BCUT2D eigenvalue weighted by molar-refractivity contribution is 6.30. The Hall–Kier alpha value is -3.44. The van der Waals surface area contributed by atoms with Crippen LogP contribution in [0.1, 0.15) is 35.3 Å². The second-order valence-corrected chi connectivity index (χ2v) is 9.55. The van der Waals surface area contributed by atoms with Gasteiger partial charge in [-0.25, -0.2) is 4.98 Å². The molecule has 1 N–H and O–H groups in total. The number of halogens is 5. The zero-order valence-corrected chi connectivity index (χ0v) is 23.0.